The van der Waals surface area contributed by atoms with Crippen LogP contribution in [-0.2, 0) is 9.53 Å². The van der Waals surface area contributed by atoms with Crippen LogP contribution in [0.25, 0.3) is 11.1 Å². The smallest absolute Gasteiger partial charge is 0.411 e. The number of carboxylic acids is 1. The number of nitrogens with one attached hydrogen (secondary N) is 2. The highest BCUT2D eigenvalue weighted by atomic mass is 16.5. The molecule has 180 valence electrons. The number of ether oxygens (including phenoxy) is 2. The molecule has 0 spiro atoms. The summed E-state index contributed by atoms with van der Waals surface area (Å²) < 4.78 is 10.8. The van der Waals surface area contributed by atoms with Crippen molar-refractivity contribution < 1.29 is 29.0 Å². The molecule has 0 heterocycles. The topological polar surface area (TPSA) is 114 Å². The highest BCUT2D eigenvalue weighted by molar-refractivity contribution is 6.03. The Bertz CT molecular complexity index is 1210. The van der Waals surface area contributed by atoms with Gasteiger partial charge < -0.3 is 19.9 Å². The first-order valence-corrected chi connectivity index (χ1v) is 11.3. The van der Waals surface area contributed by atoms with Gasteiger partial charge in [-0.15, -0.1) is 0 Å². The summed E-state index contributed by atoms with van der Waals surface area (Å²) in [4.78, 5) is 36.1. The van der Waals surface area contributed by atoms with E-state index in [1.807, 2.05) is 36.4 Å². The van der Waals surface area contributed by atoms with Crippen molar-refractivity contribution in [3.63, 3.8) is 0 Å². The standard InChI is InChI=1S/C27H26N2O6/c1-34-17-12-13-24(22(15-17)26(32)28-14-6-11-25(30)31)29-27(33)35-16-23-20-9-4-2-7-18(20)19-8-3-5-10-21(19)23/h2-5,7-10,12-13,15,23H,6,11,14,16H2,1H3,(H,28,32)(H,29,33)(H,30,31). The van der Waals surface area contributed by atoms with Crippen molar-refractivity contribution >= 4 is 23.7 Å². The molecule has 0 bridgehead atoms. The summed E-state index contributed by atoms with van der Waals surface area (Å²) >= 11 is 0. The number of carbonyl (C=O) groups excluding carboxylic acids is 2. The van der Waals surface area contributed by atoms with Gasteiger partial charge in [0, 0.05) is 18.9 Å². The van der Waals surface area contributed by atoms with Crippen LogP contribution in [0.15, 0.2) is 66.7 Å². The Labute approximate surface area is 202 Å². The molecule has 0 saturated heterocycles. The Kier molecular flexibility index (Phi) is 7.30. The van der Waals surface area contributed by atoms with Crippen LogP contribution >= 0.6 is 0 Å². The first-order valence-electron chi connectivity index (χ1n) is 11.3. The molecule has 0 atom stereocenters. The maximum absolute atomic E-state index is 12.7. The first-order chi connectivity index (χ1) is 17.0. The van der Waals surface area contributed by atoms with Crippen LogP contribution in [0.3, 0.4) is 0 Å². The number of aliphatic carboxylic acids is 1. The Morgan fingerprint density at radius 1 is 0.943 bits per heavy atom. The zero-order valence-corrected chi connectivity index (χ0v) is 19.2. The highest BCUT2D eigenvalue weighted by Gasteiger charge is 2.29. The number of hydrogen-bond donors (Lipinski definition) is 3. The van der Waals surface area contributed by atoms with E-state index in [9.17, 15) is 14.4 Å². The molecule has 0 aliphatic heterocycles. The maximum atomic E-state index is 12.7. The largest absolute Gasteiger partial charge is 0.497 e. The van der Waals surface area contributed by atoms with Gasteiger partial charge in [0.15, 0.2) is 0 Å². The van der Waals surface area contributed by atoms with E-state index in [1.165, 1.54) is 13.2 Å². The molecule has 0 radical (unpaired) electrons. The van der Waals surface area contributed by atoms with Gasteiger partial charge in [0.05, 0.1) is 18.4 Å². The summed E-state index contributed by atoms with van der Waals surface area (Å²) in [7, 11) is 1.47. The molecule has 1 aliphatic rings. The lowest BCUT2D eigenvalue weighted by Crippen LogP contribution is -2.27. The average Bonchev–Trinajstić information content (AvgIpc) is 3.19. The third-order valence-electron chi connectivity index (χ3n) is 5.90. The molecule has 8 heteroatoms. The normalized spacial score (nSPS) is 11.8. The molecule has 4 rings (SSSR count). The summed E-state index contributed by atoms with van der Waals surface area (Å²) in [6.07, 6.45) is -0.444. The van der Waals surface area contributed by atoms with Gasteiger partial charge in [-0.2, -0.15) is 0 Å². The van der Waals surface area contributed by atoms with Crippen molar-refractivity contribution in [1.29, 1.82) is 0 Å². The number of fused-ring (bicyclic) bond motifs is 3. The average molecular weight is 475 g/mol. The Morgan fingerprint density at radius 3 is 2.23 bits per heavy atom. The van der Waals surface area contributed by atoms with Crippen molar-refractivity contribution in [2.75, 3.05) is 25.6 Å². The Balaban J connectivity index is 1.44. The fourth-order valence-electron chi connectivity index (χ4n) is 4.23. The van der Waals surface area contributed by atoms with E-state index in [0.29, 0.717) is 12.2 Å². The van der Waals surface area contributed by atoms with Gasteiger partial charge in [-0.25, -0.2) is 4.79 Å². The second-order valence-corrected chi connectivity index (χ2v) is 8.12. The number of carbonyl (C=O) groups is 3. The van der Waals surface area contributed by atoms with Crippen molar-refractivity contribution in [1.82, 2.24) is 5.32 Å². The molecule has 1 aliphatic carbocycles. The highest BCUT2D eigenvalue weighted by Crippen LogP contribution is 2.44. The first kappa shape index (κ1) is 23.8. The van der Waals surface area contributed by atoms with Gasteiger partial charge in [-0.1, -0.05) is 48.5 Å². The number of methoxy groups -OCH3 is 1. The number of carboxylic acid groups (broad SMARTS) is 1. The summed E-state index contributed by atoms with van der Waals surface area (Å²) in [6, 6.07) is 20.8. The van der Waals surface area contributed by atoms with Gasteiger partial charge >= 0.3 is 12.1 Å². The number of rotatable bonds is 9. The van der Waals surface area contributed by atoms with E-state index in [1.54, 1.807) is 12.1 Å². The van der Waals surface area contributed by atoms with Crippen molar-refractivity contribution in [2.24, 2.45) is 0 Å². The molecule has 2 amide bonds. The minimum Gasteiger partial charge on any atom is -0.497 e. The molecule has 0 saturated carbocycles. The maximum Gasteiger partial charge on any atom is 0.411 e. The van der Waals surface area contributed by atoms with E-state index in [4.69, 9.17) is 14.6 Å². The second-order valence-electron chi connectivity index (χ2n) is 8.12. The zero-order chi connectivity index (χ0) is 24.8. The van der Waals surface area contributed by atoms with Gasteiger partial charge in [-0.3, -0.25) is 14.9 Å². The molecule has 0 fully saturated rings. The molecular formula is C27H26N2O6. The van der Waals surface area contributed by atoms with Crippen LogP contribution in [-0.4, -0.2) is 43.3 Å². The Morgan fingerprint density at radius 2 is 1.60 bits per heavy atom. The van der Waals surface area contributed by atoms with E-state index in [-0.39, 0.29) is 36.7 Å². The predicted octanol–water partition coefficient (Wildman–Crippen LogP) is 4.65. The molecule has 0 unspecified atom stereocenters. The molecule has 8 nitrogen and oxygen atoms in total. The van der Waals surface area contributed by atoms with Crippen LogP contribution in [0.1, 0.15) is 40.2 Å². The monoisotopic (exact) mass is 474 g/mol. The molecule has 3 aromatic rings. The zero-order valence-electron chi connectivity index (χ0n) is 19.2. The van der Waals surface area contributed by atoms with Crippen molar-refractivity contribution in [3.8, 4) is 16.9 Å². The lowest BCUT2D eigenvalue weighted by atomic mass is 9.98. The number of anilines is 1. The number of benzene rings is 3. The minimum absolute atomic E-state index is 0.0523. The minimum atomic E-state index is -0.932. The quantitative estimate of drug-likeness (QED) is 0.389. The van der Waals surface area contributed by atoms with E-state index in [2.05, 4.69) is 22.8 Å². The van der Waals surface area contributed by atoms with Gasteiger partial charge in [-0.05, 0) is 46.9 Å². The Hall–Kier alpha value is -4.33. The lowest BCUT2D eigenvalue weighted by molar-refractivity contribution is -0.137. The summed E-state index contributed by atoms with van der Waals surface area (Å²) in [6.45, 7) is 0.333. The van der Waals surface area contributed by atoms with Crippen LogP contribution in [0, 0.1) is 0 Å². The van der Waals surface area contributed by atoms with Crippen LogP contribution in [0.2, 0.25) is 0 Å². The van der Waals surface area contributed by atoms with Gasteiger partial charge in [0.2, 0.25) is 0 Å². The lowest BCUT2D eigenvalue weighted by Gasteiger charge is -2.16. The van der Waals surface area contributed by atoms with Crippen LogP contribution in [0.5, 0.6) is 5.75 Å². The fourth-order valence-corrected chi connectivity index (χ4v) is 4.23. The molecule has 35 heavy (non-hydrogen) atoms. The van der Waals surface area contributed by atoms with E-state index >= 15 is 0 Å². The van der Waals surface area contributed by atoms with E-state index in [0.717, 1.165) is 22.3 Å². The predicted molar refractivity (Wildman–Crippen MR) is 131 cm³/mol. The third-order valence-corrected chi connectivity index (χ3v) is 5.90. The summed E-state index contributed by atoms with van der Waals surface area (Å²) in [5.41, 5.74) is 4.93. The SMILES string of the molecule is COc1ccc(NC(=O)OCC2c3ccccc3-c3ccccc32)c(C(=O)NCCCC(=O)O)c1. The van der Waals surface area contributed by atoms with Gasteiger partial charge in [0.1, 0.15) is 12.4 Å². The molecular weight excluding hydrogens is 448 g/mol. The molecule has 3 N–H and O–H groups in total. The molecule has 3 aromatic carbocycles. The second kappa shape index (κ2) is 10.7. The summed E-state index contributed by atoms with van der Waals surface area (Å²) in [5, 5.41) is 14.1. The van der Waals surface area contributed by atoms with Gasteiger partial charge in [0.25, 0.3) is 5.91 Å². The van der Waals surface area contributed by atoms with E-state index < -0.39 is 18.0 Å². The van der Waals surface area contributed by atoms with Crippen LogP contribution in [0.4, 0.5) is 10.5 Å². The number of hydrogen-bond acceptors (Lipinski definition) is 5. The number of amides is 2. The van der Waals surface area contributed by atoms with Crippen molar-refractivity contribution in [2.45, 2.75) is 18.8 Å². The fraction of sp³-hybridized carbons (Fsp3) is 0.222. The third kappa shape index (κ3) is 5.43. The molecule has 0 aromatic heterocycles. The van der Waals surface area contributed by atoms with Crippen molar-refractivity contribution in [3.05, 3.63) is 83.4 Å². The van der Waals surface area contributed by atoms with Crippen LogP contribution < -0.4 is 15.4 Å². The summed E-state index contributed by atoms with van der Waals surface area (Å²) in [5.74, 6) is -1.03.